The molecular weight excluding hydrogens is 354 g/mol. The highest BCUT2D eigenvalue weighted by molar-refractivity contribution is 7.88. The lowest BCUT2D eigenvalue weighted by Gasteiger charge is -2.30. The first kappa shape index (κ1) is 20.4. The van der Waals surface area contributed by atoms with Gasteiger partial charge in [0, 0.05) is 19.6 Å². The van der Waals surface area contributed by atoms with E-state index < -0.39 is 15.9 Å². The van der Waals surface area contributed by atoms with Crippen molar-refractivity contribution in [1.29, 1.82) is 0 Å². The number of nitrogens with zero attached hydrogens (tertiary/aromatic N) is 1. The van der Waals surface area contributed by atoms with Crippen LogP contribution in [0.4, 0.5) is 5.69 Å². The topological polar surface area (TPSA) is 95.6 Å². The van der Waals surface area contributed by atoms with E-state index in [-0.39, 0.29) is 18.4 Å². The van der Waals surface area contributed by atoms with Crippen LogP contribution in [-0.2, 0) is 14.8 Å². The highest BCUT2D eigenvalue weighted by Gasteiger charge is 2.30. The Hall–Kier alpha value is -1.93. The van der Waals surface area contributed by atoms with Gasteiger partial charge < -0.3 is 10.6 Å². The molecule has 1 atom stereocenters. The summed E-state index contributed by atoms with van der Waals surface area (Å²) >= 11 is 0. The number of para-hydroxylation sites is 1. The maximum Gasteiger partial charge on any atom is 0.253 e. The number of nitrogens with one attached hydrogen (secondary N) is 2. The van der Waals surface area contributed by atoms with Crippen LogP contribution in [0.3, 0.4) is 0 Å². The molecule has 0 saturated carbocycles. The van der Waals surface area contributed by atoms with E-state index >= 15 is 0 Å². The number of rotatable bonds is 7. The summed E-state index contributed by atoms with van der Waals surface area (Å²) in [6, 6.07) is 6.85. The van der Waals surface area contributed by atoms with Crippen LogP contribution >= 0.6 is 0 Å². The molecule has 1 fully saturated rings. The number of unbranched alkanes of at least 4 members (excludes halogenated alkanes) is 1. The van der Waals surface area contributed by atoms with Crippen molar-refractivity contribution in [2.45, 2.75) is 32.6 Å². The fourth-order valence-corrected chi connectivity index (χ4v) is 3.87. The van der Waals surface area contributed by atoms with Crippen LogP contribution in [0.25, 0.3) is 0 Å². The summed E-state index contributed by atoms with van der Waals surface area (Å²) < 4.78 is 24.8. The number of hydrogen-bond acceptors (Lipinski definition) is 4. The van der Waals surface area contributed by atoms with Crippen molar-refractivity contribution in [2.24, 2.45) is 5.92 Å². The third kappa shape index (κ3) is 5.54. The number of amides is 2. The van der Waals surface area contributed by atoms with Crippen molar-refractivity contribution >= 4 is 27.5 Å². The minimum Gasteiger partial charge on any atom is -0.352 e. The molecule has 0 aromatic heterocycles. The van der Waals surface area contributed by atoms with Gasteiger partial charge in [-0.05, 0) is 31.4 Å². The van der Waals surface area contributed by atoms with Gasteiger partial charge in [0.1, 0.15) is 0 Å². The second kappa shape index (κ2) is 9.14. The van der Waals surface area contributed by atoms with Crippen LogP contribution in [0.1, 0.15) is 43.0 Å². The zero-order valence-corrected chi connectivity index (χ0v) is 16.1. The Kier molecular flexibility index (Phi) is 7.16. The van der Waals surface area contributed by atoms with Gasteiger partial charge in [-0.1, -0.05) is 25.5 Å². The van der Waals surface area contributed by atoms with E-state index in [1.807, 2.05) is 6.92 Å². The van der Waals surface area contributed by atoms with E-state index in [0.717, 1.165) is 19.1 Å². The molecule has 2 N–H and O–H groups in total. The SMILES string of the molecule is CCCCNC(=O)c1ccccc1NC(=O)[C@@H]1CCCN(S(C)(=O)=O)C1. The Labute approximate surface area is 155 Å². The number of benzene rings is 1. The van der Waals surface area contributed by atoms with Crippen molar-refractivity contribution in [2.75, 3.05) is 31.2 Å². The fraction of sp³-hybridized carbons (Fsp3) is 0.556. The predicted molar refractivity (Wildman–Crippen MR) is 101 cm³/mol. The lowest BCUT2D eigenvalue weighted by molar-refractivity contribution is -0.120. The van der Waals surface area contributed by atoms with E-state index in [9.17, 15) is 18.0 Å². The van der Waals surface area contributed by atoms with E-state index in [0.29, 0.717) is 37.2 Å². The summed E-state index contributed by atoms with van der Waals surface area (Å²) in [7, 11) is -3.31. The summed E-state index contributed by atoms with van der Waals surface area (Å²) in [5.74, 6) is -0.905. The molecule has 144 valence electrons. The lowest BCUT2D eigenvalue weighted by atomic mass is 9.98. The summed E-state index contributed by atoms with van der Waals surface area (Å²) in [6.45, 7) is 3.25. The molecule has 1 aliphatic rings. The van der Waals surface area contributed by atoms with Crippen LogP contribution in [-0.4, -0.2) is 50.4 Å². The van der Waals surface area contributed by atoms with E-state index in [2.05, 4.69) is 10.6 Å². The molecular formula is C18H27N3O4S. The molecule has 7 nitrogen and oxygen atoms in total. The van der Waals surface area contributed by atoms with E-state index in [1.54, 1.807) is 24.3 Å². The van der Waals surface area contributed by atoms with Gasteiger partial charge in [0.15, 0.2) is 0 Å². The maximum absolute atomic E-state index is 12.6. The van der Waals surface area contributed by atoms with Crippen LogP contribution < -0.4 is 10.6 Å². The normalized spacial score (nSPS) is 18.3. The highest BCUT2D eigenvalue weighted by atomic mass is 32.2. The number of hydrogen-bond donors (Lipinski definition) is 2. The lowest BCUT2D eigenvalue weighted by Crippen LogP contribution is -2.43. The first-order valence-electron chi connectivity index (χ1n) is 8.96. The number of sulfonamides is 1. The van der Waals surface area contributed by atoms with E-state index in [4.69, 9.17) is 0 Å². The molecule has 0 radical (unpaired) electrons. The average Bonchev–Trinajstić information content (AvgIpc) is 2.61. The molecule has 0 aliphatic carbocycles. The van der Waals surface area contributed by atoms with Gasteiger partial charge in [-0.3, -0.25) is 9.59 Å². The van der Waals surface area contributed by atoms with Gasteiger partial charge in [0.25, 0.3) is 5.91 Å². The van der Waals surface area contributed by atoms with Gasteiger partial charge in [0.05, 0.1) is 23.4 Å². The van der Waals surface area contributed by atoms with Crippen molar-refractivity contribution < 1.29 is 18.0 Å². The second-order valence-electron chi connectivity index (χ2n) is 6.60. The van der Waals surface area contributed by atoms with Gasteiger partial charge in [-0.15, -0.1) is 0 Å². The van der Waals surface area contributed by atoms with E-state index in [1.165, 1.54) is 4.31 Å². The van der Waals surface area contributed by atoms with Crippen molar-refractivity contribution in [1.82, 2.24) is 9.62 Å². The molecule has 1 saturated heterocycles. The summed E-state index contributed by atoms with van der Waals surface area (Å²) in [4.78, 5) is 24.9. The molecule has 8 heteroatoms. The van der Waals surface area contributed by atoms with Crippen molar-refractivity contribution in [3.05, 3.63) is 29.8 Å². The molecule has 0 spiro atoms. The first-order chi connectivity index (χ1) is 12.3. The molecule has 1 aromatic carbocycles. The molecule has 2 rings (SSSR count). The number of carbonyl (C=O) groups is 2. The molecule has 0 bridgehead atoms. The van der Waals surface area contributed by atoms with Gasteiger partial charge in [0.2, 0.25) is 15.9 Å². The molecule has 1 heterocycles. The van der Waals surface area contributed by atoms with Crippen LogP contribution in [0.5, 0.6) is 0 Å². The molecule has 1 aliphatic heterocycles. The maximum atomic E-state index is 12.6. The number of anilines is 1. The third-order valence-corrected chi connectivity index (χ3v) is 5.74. The zero-order chi connectivity index (χ0) is 19.2. The minimum atomic E-state index is -3.31. The van der Waals surface area contributed by atoms with Crippen LogP contribution in [0.2, 0.25) is 0 Å². The Morgan fingerprint density at radius 3 is 2.69 bits per heavy atom. The van der Waals surface area contributed by atoms with Crippen molar-refractivity contribution in [3.8, 4) is 0 Å². The standard InChI is InChI=1S/C18H27N3O4S/c1-3-4-11-19-18(23)15-9-5-6-10-16(15)20-17(22)14-8-7-12-21(13-14)26(2,24)25/h5-6,9-10,14H,3-4,7-8,11-13H2,1-2H3,(H,19,23)(H,20,22)/t14-/m1/s1. The van der Waals surface area contributed by atoms with Gasteiger partial charge in [-0.25, -0.2) is 12.7 Å². The first-order valence-corrected chi connectivity index (χ1v) is 10.8. The van der Waals surface area contributed by atoms with Crippen LogP contribution in [0.15, 0.2) is 24.3 Å². The Balaban J connectivity index is 2.06. The fourth-order valence-electron chi connectivity index (χ4n) is 2.96. The average molecular weight is 381 g/mol. The zero-order valence-electron chi connectivity index (χ0n) is 15.3. The summed E-state index contributed by atoms with van der Waals surface area (Å²) in [5, 5.41) is 5.64. The van der Waals surface area contributed by atoms with Gasteiger partial charge in [-0.2, -0.15) is 0 Å². The Bertz CT molecular complexity index is 749. The smallest absolute Gasteiger partial charge is 0.253 e. The largest absolute Gasteiger partial charge is 0.352 e. The molecule has 26 heavy (non-hydrogen) atoms. The minimum absolute atomic E-state index is 0.176. The molecule has 2 amide bonds. The highest BCUT2D eigenvalue weighted by Crippen LogP contribution is 2.22. The Morgan fingerprint density at radius 2 is 2.00 bits per heavy atom. The number of carbonyl (C=O) groups excluding carboxylic acids is 2. The quantitative estimate of drug-likeness (QED) is 0.704. The molecule has 1 aromatic rings. The summed E-state index contributed by atoms with van der Waals surface area (Å²) in [6.07, 6.45) is 4.30. The van der Waals surface area contributed by atoms with Crippen LogP contribution in [0, 0.1) is 5.92 Å². The van der Waals surface area contributed by atoms with Crippen molar-refractivity contribution in [3.63, 3.8) is 0 Å². The second-order valence-corrected chi connectivity index (χ2v) is 8.59. The third-order valence-electron chi connectivity index (χ3n) is 4.47. The van der Waals surface area contributed by atoms with Gasteiger partial charge >= 0.3 is 0 Å². The molecule has 0 unspecified atom stereocenters. The Morgan fingerprint density at radius 1 is 1.27 bits per heavy atom. The predicted octanol–water partition coefficient (Wildman–Crippen LogP) is 1.83. The summed E-state index contributed by atoms with van der Waals surface area (Å²) in [5.41, 5.74) is 0.857. The number of piperidine rings is 1. The monoisotopic (exact) mass is 381 g/mol.